The number of carbonyl (C=O) groups excluding carboxylic acids is 1. The zero-order valence-corrected chi connectivity index (χ0v) is 13.2. The number of hydrogen-bond acceptors (Lipinski definition) is 3. The molecule has 2 N–H and O–H groups in total. The van der Waals surface area contributed by atoms with Crippen molar-refractivity contribution in [3.05, 3.63) is 29.6 Å². The highest BCUT2D eigenvalue weighted by Gasteiger charge is 2.30. The van der Waals surface area contributed by atoms with E-state index in [0.717, 1.165) is 19.3 Å². The van der Waals surface area contributed by atoms with Crippen LogP contribution in [-0.2, 0) is 16.0 Å². The zero-order chi connectivity index (χ0) is 16.8. The minimum atomic E-state index is -0.868. The number of methoxy groups -OCH3 is 1. The van der Waals surface area contributed by atoms with E-state index in [1.54, 1.807) is 6.07 Å². The van der Waals surface area contributed by atoms with Crippen LogP contribution in [0.25, 0.3) is 0 Å². The van der Waals surface area contributed by atoms with Gasteiger partial charge in [0.2, 0.25) is 5.91 Å². The van der Waals surface area contributed by atoms with Gasteiger partial charge in [-0.25, -0.2) is 4.39 Å². The fraction of sp³-hybridized carbons (Fsp3) is 0.529. The van der Waals surface area contributed by atoms with E-state index in [2.05, 4.69) is 5.32 Å². The average Bonchev–Trinajstić information content (AvgIpc) is 2.73. The Balaban J connectivity index is 1.99. The molecule has 0 aromatic heterocycles. The molecule has 1 fully saturated rings. The average molecular weight is 323 g/mol. The van der Waals surface area contributed by atoms with Crippen LogP contribution in [0.15, 0.2) is 18.2 Å². The van der Waals surface area contributed by atoms with Crippen LogP contribution in [0.5, 0.6) is 5.75 Å². The van der Waals surface area contributed by atoms with Crippen LogP contribution in [0.3, 0.4) is 0 Å². The third-order valence-corrected chi connectivity index (χ3v) is 4.26. The van der Waals surface area contributed by atoms with Gasteiger partial charge in [-0.3, -0.25) is 9.59 Å². The van der Waals surface area contributed by atoms with E-state index < -0.39 is 17.7 Å². The molecule has 1 aromatic rings. The van der Waals surface area contributed by atoms with Gasteiger partial charge in [0.1, 0.15) is 0 Å². The molecule has 6 heteroatoms. The van der Waals surface area contributed by atoms with Gasteiger partial charge in [0.15, 0.2) is 11.6 Å². The molecule has 1 saturated carbocycles. The van der Waals surface area contributed by atoms with Crippen molar-refractivity contribution in [2.24, 2.45) is 5.92 Å². The van der Waals surface area contributed by atoms with E-state index in [9.17, 15) is 19.1 Å². The molecule has 1 aliphatic carbocycles. The number of ether oxygens (including phenoxy) is 1. The minimum Gasteiger partial charge on any atom is -0.494 e. The van der Waals surface area contributed by atoms with E-state index in [-0.39, 0.29) is 24.1 Å². The maximum atomic E-state index is 13.6. The van der Waals surface area contributed by atoms with Gasteiger partial charge in [-0.15, -0.1) is 0 Å². The van der Waals surface area contributed by atoms with Crippen LogP contribution in [0.2, 0.25) is 0 Å². The summed E-state index contributed by atoms with van der Waals surface area (Å²) in [6.45, 7) is 0. The maximum absolute atomic E-state index is 13.6. The highest BCUT2D eigenvalue weighted by Crippen LogP contribution is 2.24. The zero-order valence-electron chi connectivity index (χ0n) is 13.2. The van der Waals surface area contributed by atoms with Gasteiger partial charge in [-0.2, -0.15) is 0 Å². The monoisotopic (exact) mass is 323 g/mol. The Bertz CT molecular complexity index is 576. The molecule has 0 unspecified atom stereocenters. The summed E-state index contributed by atoms with van der Waals surface area (Å²) < 4.78 is 18.5. The lowest BCUT2D eigenvalue weighted by Gasteiger charge is -2.23. The first-order valence-corrected chi connectivity index (χ1v) is 7.86. The molecule has 126 valence electrons. The number of carbonyl (C=O) groups is 2. The van der Waals surface area contributed by atoms with Crippen LogP contribution in [0.4, 0.5) is 4.39 Å². The van der Waals surface area contributed by atoms with Gasteiger partial charge in [0.25, 0.3) is 0 Å². The fourth-order valence-corrected chi connectivity index (χ4v) is 3.04. The highest BCUT2D eigenvalue weighted by molar-refractivity contribution is 5.80. The van der Waals surface area contributed by atoms with Crippen LogP contribution in [-0.4, -0.2) is 30.1 Å². The lowest BCUT2D eigenvalue weighted by molar-refractivity contribution is -0.143. The van der Waals surface area contributed by atoms with E-state index >= 15 is 0 Å². The highest BCUT2D eigenvalue weighted by atomic mass is 19.1. The molecule has 1 aliphatic rings. The molecule has 2 atom stereocenters. The largest absolute Gasteiger partial charge is 0.494 e. The molecule has 0 radical (unpaired) electrons. The smallest absolute Gasteiger partial charge is 0.308 e. The van der Waals surface area contributed by atoms with Crippen molar-refractivity contribution < 1.29 is 23.8 Å². The third-order valence-electron chi connectivity index (χ3n) is 4.26. The van der Waals surface area contributed by atoms with Crippen molar-refractivity contribution in [3.63, 3.8) is 0 Å². The molecule has 1 amide bonds. The van der Waals surface area contributed by atoms with Crippen molar-refractivity contribution in [2.75, 3.05) is 7.11 Å². The van der Waals surface area contributed by atoms with Crippen molar-refractivity contribution in [1.82, 2.24) is 5.32 Å². The molecule has 2 rings (SSSR count). The quantitative estimate of drug-likeness (QED) is 0.817. The molecule has 0 saturated heterocycles. The van der Waals surface area contributed by atoms with Crippen LogP contribution in [0.1, 0.15) is 37.7 Å². The molecule has 0 spiro atoms. The maximum Gasteiger partial charge on any atom is 0.308 e. The summed E-state index contributed by atoms with van der Waals surface area (Å²) in [6.07, 6.45) is 4.03. The Morgan fingerprint density at radius 1 is 1.30 bits per heavy atom. The number of carboxylic acid groups (broad SMARTS) is 1. The molecule has 23 heavy (non-hydrogen) atoms. The number of benzene rings is 1. The van der Waals surface area contributed by atoms with Crippen molar-refractivity contribution >= 4 is 11.9 Å². The SMILES string of the molecule is COc1ccc(CC(=O)N[C@H]2CCCCC[C@H]2C(=O)O)cc1F. The standard InChI is InChI=1S/C17H22FNO4/c1-23-15-8-7-11(9-13(15)18)10-16(20)19-14-6-4-2-3-5-12(14)17(21)22/h7-9,12,14H,2-6,10H2,1H3,(H,19,20)(H,21,22)/t12-,14+/m1/s1. The lowest BCUT2D eigenvalue weighted by atomic mass is 9.94. The predicted octanol–water partition coefficient (Wildman–Crippen LogP) is 2.53. The van der Waals surface area contributed by atoms with E-state index in [1.807, 2.05) is 0 Å². The topological polar surface area (TPSA) is 75.6 Å². The summed E-state index contributed by atoms with van der Waals surface area (Å²) in [7, 11) is 1.38. The number of carboxylic acids is 1. The summed E-state index contributed by atoms with van der Waals surface area (Å²) in [6, 6.07) is 4.01. The van der Waals surface area contributed by atoms with Crippen LogP contribution >= 0.6 is 0 Å². The molecule has 0 heterocycles. The van der Waals surface area contributed by atoms with Gasteiger partial charge < -0.3 is 15.2 Å². The number of rotatable bonds is 5. The second kappa shape index (κ2) is 7.94. The van der Waals surface area contributed by atoms with Gasteiger partial charge in [0, 0.05) is 6.04 Å². The first kappa shape index (κ1) is 17.2. The van der Waals surface area contributed by atoms with Gasteiger partial charge in [-0.05, 0) is 30.5 Å². The van der Waals surface area contributed by atoms with Crippen molar-refractivity contribution in [1.29, 1.82) is 0 Å². The number of hydrogen-bond donors (Lipinski definition) is 2. The summed E-state index contributed by atoms with van der Waals surface area (Å²) in [5, 5.41) is 12.1. The molecular formula is C17H22FNO4. The van der Waals surface area contributed by atoms with E-state index in [1.165, 1.54) is 19.2 Å². The Hall–Kier alpha value is -2.11. The number of amides is 1. The predicted molar refractivity (Wildman–Crippen MR) is 82.8 cm³/mol. The van der Waals surface area contributed by atoms with Crippen molar-refractivity contribution in [3.8, 4) is 5.75 Å². The molecule has 1 aromatic carbocycles. The molecule has 0 bridgehead atoms. The Labute approximate surface area is 134 Å². The van der Waals surface area contributed by atoms with Gasteiger partial charge in [-0.1, -0.05) is 25.3 Å². The Kier molecular flexibility index (Phi) is 5.96. The molecular weight excluding hydrogens is 301 g/mol. The van der Waals surface area contributed by atoms with Crippen LogP contribution in [0, 0.1) is 11.7 Å². The first-order valence-electron chi connectivity index (χ1n) is 7.86. The Morgan fingerprint density at radius 3 is 2.70 bits per heavy atom. The van der Waals surface area contributed by atoms with E-state index in [4.69, 9.17) is 4.74 Å². The first-order chi connectivity index (χ1) is 11.0. The van der Waals surface area contributed by atoms with Crippen LogP contribution < -0.4 is 10.1 Å². The summed E-state index contributed by atoms with van der Waals surface area (Å²) in [5.41, 5.74) is 0.529. The summed E-state index contributed by atoms with van der Waals surface area (Å²) >= 11 is 0. The fourth-order valence-electron chi connectivity index (χ4n) is 3.04. The molecule has 0 aliphatic heterocycles. The van der Waals surface area contributed by atoms with E-state index in [0.29, 0.717) is 18.4 Å². The minimum absolute atomic E-state index is 0.0176. The number of nitrogens with one attached hydrogen (secondary N) is 1. The van der Waals surface area contributed by atoms with Crippen molar-refractivity contribution in [2.45, 2.75) is 44.6 Å². The number of aliphatic carboxylic acids is 1. The summed E-state index contributed by atoms with van der Waals surface area (Å²) in [4.78, 5) is 23.5. The van der Waals surface area contributed by atoms with Gasteiger partial charge >= 0.3 is 5.97 Å². The Morgan fingerprint density at radius 2 is 2.04 bits per heavy atom. The van der Waals surface area contributed by atoms with Gasteiger partial charge in [0.05, 0.1) is 19.4 Å². The normalized spacial score (nSPS) is 21.3. The number of halogens is 1. The summed E-state index contributed by atoms with van der Waals surface area (Å²) in [5.74, 6) is -2.09. The second-order valence-electron chi connectivity index (χ2n) is 5.90. The lowest BCUT2D eigenvalue weighted by Crippen LogP contribution is -2.43. The second-order valence-corrected chi connectivity index (χ2v) is 5.90. The molecule has 5 nitrogen and oxygen atoms in total. The third kappa shape index (κ3) is 4.68.